The SMILES string of the molecule is CNC(=O)c1noc(COI)n1. The maximum Gasteiger partial charge on any atom is 0.292 e. The van der Waals surface area contributed by atoms with Crippen LogP contribution in [0.25, 0.3) is 0 Å². The molecule has 12 heavy (non-hydrogen) atoms. The lowest BCUT2D eigenvalue weighted by molar-refractivity contribution is 0.0950. The number of nitrogens with zero attached hydrogens (tertiary/aromatic N) is 2. The van der Waals surface area contributed by atoms with Crippen LogP contribution in [-0.2, 0) is 9.67 Å². The molecule has 0 bridgehead atoms. The van der Waals surface area contributed by atoms with Gasteiger partial charge in [0.25, 0.3) is 17.6 Å². The Kier molecular flexibility index (Phi) is 3.41. The highest BCUT2D eigenvalue weighted by molar-refractivity contribution is 14.1. The topological polar surface area (TPSA) is 77.2 Å². The molecule has 7 heteroatoms. The van der Waals surface area contributed by atoms with Crippen LogP contribution in [0.3, 0.4) is 0 Å². The second kappa shape index (κ2) is 4.36. The third-order valence-corrected chi connectivity index (χ3v) is 1.39. The lowest BCUT2D eigenvalue weighted by atomic mass is 10.6. The first kappa shape index (κ1) is 9.39. The molecular formula is C5H6IN3O3. The van der Waals surface area contributed by atoms with Gasteiger partial charge in [0.15, 0.2) is 0 Å². The largest absolute Gasteiger partial charge is 0.352 e. The molecular weight excluding hydrogens is 277 g/mol. The van der Waals surface area contributed by atoms with Gasteiger partial charge in [0.2, 0.25) is 0 Å². The maximum absolute atomic E-state index is 10.9. The van der Waals surface area contributed by atoms with Crippen molar-refractivity contribution in [2.24, 2.45) is 0 Å². The van der Waals surface area contributed by atoms with E-state index in [1.54, 1.807) is 23.0 Å². The number of hydrogen-bond acceptors (Lipinski definition) is 5. The first-order chi connectivity index (χ1) is 5.77. The highest BCUT2D eigenvalue weighted by Gasteiger charge is 2.11. The molecule has 0 spiro atoms. The third-order valence-electron chi connectivity index (χ3n) is 1.08. The van der Waals surface area contributed by atoms with Crippen molar-refractivity contribution in [3.63, 3.8) is 0 Å². The fraction of sp³-hybridized carbons (Fsp3) is 0.400. The molecule has 0 radical (unpaired) electrons. The van der Waals surface area contributed by atoms with Gasteiger partial charge in [0.05, 0.1) is 0 Å². The molecule has 1 N–H and O–H groups in total. The van der Waals surface area contributed by atoms with Crippen molar-refractivity contribution in [1.29, 1.82) is 0 Å². The van der Waals surface area contributed by atoms with E-state index in [2.05, 4.69) is 20.0 Å². The first-order valence-electron chi connectivity index (χ1n) is 3.06. The van der Waals surface area contributed by atoms with Crippen molar-refractivity contribution in [2.75, 3.05) is 7.05 Å². The van der Waals surface area contributed by atoms with Crippen molar-refractivity contribution in [3.05, 3.63) is 11.7 Å². The average molecular weight is 283 g/mol. The Balaban J connectivity index is 2.70. The van der Waals surface area contributed by atoms with E-state index in [0.29, 0.717) is 0 Å². The Morgan fingerprint density at radius 1 is 1.83 bits per heavy atom. The molecule has 0 atom stereocenters. The van der Waals surface area contributed by atoms with Crippen molar-refractivity contribution in [1.82, 2.24) is 15.5 Å². The molecule has 1 aromatic heterocycles. The summed E-state index contributed by atoms with van der Waals surface area (Å²) < 4.78 is 9.37. The van der Waals surface area contributed by atoms with E-state index in [0.717, 1.165) is 0 Å². The molecule has 1 heterocycles. The number of rotatable bonds is 3. The van der Waals surface area contributed by atoms with Crippen LogP contribution in [0.15, 0.2) is 4.52 Å². The quantitative estimate of drug-likeness (QED) is 0.807. The van der Waals surface area contributed by atoms with Crippen LogP contribution in [-0.4, -0.2) is 23.1 Å². The van der Waals surface area contributed by atoms with Gasteiger partial charge in [-0.05, 0) is 0 Å². The second-order valence-electron chi connectivity index (χ2n) is 1.84. The highest BCUT2D eigenvalue weighted by Crippen LogP contribution is 2.01. The van der Waals surface area contributed by atoms with Gasteiger partial charge in [-0.1, -0.05) is 5.16 Å². The van der Waals surface area contributed by atoms with E-state index < -0.39 is 0 Å². The molecule has 0 aliphatic carbocycles. The number of nitrogens with one attached hydrogen (secondary N) is 1. The lowest BCUT2D eigenvalue weighted by Gasteiger charge is -1.87. The third kappa shape index (κ3) is 2.14. The lowest BCUT2D eigenvalue weighted by Crippen LogP contribution is -2.19. The minimum atomic E-state index is -0.376. The summed E-state index contributed by atoms with van der Waals surface area (Å²) >= 11 is 1.70. The highest BCUT2D eigenvalue weighted by atomic mass is 127. The molecule has 0 saturated carbocycles. The van der Waals surface area contributed by atoms with Gasteiger partial charge in [0.1, 0.15) is 29.6 Å². The molecule has 0 fully saturated rings. The standard InChI is InChI=1S/C5H6IN3O3/c1-7-5(10)4-8-3(2-11-6)12-9-4/h2H2,1H3,(H,7,10). The Morgan fingerprint density at radius 3 is 3.17 bits per heavy atom. The van der Waals surface area contributed by atoms with E-state index in [1.165, 1.54) is 7.05 Å². The zero-order chi connectivity index (χ0) is 8.97. The monoisotopic (exact) mass is 283 g/mol. The summed E-state index contributed by atoms with van der Waals surface area (Å²) in [5, 5.41) is 5.79. The van der Waals surface area contributed by atoms with Gasteiger partial charge in [0, 0.05) is 7.05 Å². The number of amides is 1. The molecule has 0 saturated heterocycles. The molecule has 1 rings (SSSR count). The second-order valence-corrected chi connectivity index (χ2v) is 2.47. The minimum Gasteiger partial charge on any atom is -0.352 e. The summed E-state index contributed by atoms with van der Waals surface area (Å²) in [5.41, 5.74) is 0. The fourth-order valence-electron chi connectivity index (χ4n) is 0.564. The zero-order valence-corrected chi connectivity index (χ0v) is 8.36. The van der Waals surface area contributed by atoms with Crippen LogP contribution < -0.4 is 5.32 Å². The summed E-state index contributed by atoms with van der Waals surface area (Å²) in [5.74, 6) is -0.0811. The molecule has 1 aromatic rings. The van der Waals surface area contributed by atoms with Crippen LogP contribution in [0.1, 0.15) is 16.5 Å². The summed E-state index contributed by atoms with van der Waals surface area (Å²) in [7, 11) is 1.49. The van der Waals surface area contributed by atoms with Crippen molar-refractivity contribution < 1.29 is 12.4 Å². The van der Waals surface area contributed by atoms with E-state index in [-0.39, 0.29) is 24.2 Å². The van der Waals surface area contributed by atoms with Crippen LogP contribution in [0, 0.1) is 0 Å². The van der Waals surface area contributed by atoms with E-state index in [9.17, 15) is 4.79 Å². The summed E-state index contributed by atoms with van der Waals surface area (Å²) in [6.45, 7) is 0.199. The number of aromatic nitrogens is 2. The summed E-state index contributed by atoms with van der Waals surface area (Å²) in [6, 6.07) is 0. The Morgan fingerprint density at radius 2 is 2.58 bits per heavy atom. The maximum atomic E-state index is 10.9. The van der Waals surface area contributed by atoms with Crippen molar-refractivity contribution in [3.8, 4) is 0 Å². The molecule has 1 amide bonds. The number of halogens is 1. The molecule has 66 valence electrons. The Bertz CT molecular complexity index is 275. The summed E-state index contributed by atoms with van der Waals surface area (Å²) in [6.07, 6.45) is 0. The van der Waals surface area contributed by atoms with Crippen molar-refractivity contribution in [2.45, 2.75) is 6.61 Å². The van der Waals surface area contributed by atoms with Crippen LogP contribution in [0.2, 0.25) is 0 Å². The fourth-order valence-corrected chi connectivity index (χ4v) is 0.831. The Labute approximate surface area is 82.3 Å². The van der Waals surface area contributed by atoms with E-state index in [4.69, 9.17) is 3.07 Å². The van der Waals surface area contributed by atoms with Gasteiger partial charge < -0.3 is 12.9 Å². The van der Waals surface area contributed by atoms with Gasteiger partial charge in [-0.3, -0.25) is 4.79 Å². The van der Waals surface area contributed by atoms with Gasteiger partial charge in [-0.25, -0.2) is 0 Å². The van der Waals surface area contributed by atoms with Gasteiger partial charge >= 0.3 is 0 Å². The van der Waals surface area contributed by atoms with E-state index >= 15 is 0 Å². The van der Waals surface area contributed by atoms with Crippen LogP contribution in [0.5, 0.6) is 0 Å². The normalized spacial score (nSPS) is 9.83. The first-order valence-corrected chi connectivity index (χ1v) is 3.94. The van der Waals surface area contributed by atoms with Crippen LogP contribution in [0.4, 0.5) is 0 Å². The number of hydrogen-bond donors (Lipinski definition) is 1. The van der Waals surface area contributed by atoms with Crippen LogP contribution >= 0.6 is 23.0 Å². The average Bonchev–Trinajstić information content (AvgIpc) is 2.52. The zero-order valence-electron chi connectivity index (χ0n) is 6.20. The molecule has 6 nitrogen and oxygen atoms in total. The smallest absolute Gasteiger partial charge is 0.292 e. The van der Waals surface area contributed by atoms with Crippen molar-refractivity contribution >= 4 is 28.9 Å². The molecule has 0 aliphatic rings. The predicted molar refractivity (Wildman–Crippen MR) is 46.5 cm³/mol. The molecule has 0 aromatic carbocycles. The van der Waals surface area contributed by atoms with Gasteiger partial charge in [-0.2, -0.15) is 4.98 Å². The Hall–Kier alpha value is -0.700. The predicted octanol–water partition coefficient (Wildman–Crippen LogP) is 0.296. The van der Waals surface area contributed by atoms with E-state index in [1.807, 2.05) is 0 Å². The minimum absolute atomic E-state index is 0.0148. The summed E-state index contributed by atoms with van der Waals surface area (Å²) in [4.78, 5) is 14.6. The molecule has 0 unspecified atom stereocenters. The molecule has 0 aliphatic heterocycles. The number of carbonyl (C=O) groups excluding carboxylic acids is 1. The number of carbonyl (C=O) groups is 1. The van der Waals surface area contributed by atoms with Gasteiger partial charge in [-0.15, -0.1) is 0 Å².